The Bertz CT molecular complexity index is 382. The van der Waals surface area contributed by atoms with E-state index in [1.165, 1.54) is 127 Å². The highest BCUT2D eigenvalue weighted by Crippen LogP contribution is 2.15. The van der Waals surface area contributed by atoms with Crippen molar-refractivity contribution in [1.29, 1.82) is 0 Å². The van der Waals surface area contributed by atoms with Gasteiger partial charge in [0.25, 0.3) is 0 Å². The van der Waals surface area contributed by atoms with E-state index in [4.69, 9.17) is 19.9 Å². The molecule has 0 unspecified atom stereocenters. The second-order valence-electron chi connectivity index (χ2n) is 9.64. The second-order valence-corrected chi connectivity index (χ2v) is 9.64. The summed E-state index contributed by atoms with van der Waals surface area (Å²) in [5.41, 5.74) is 0. The molecule has 0 aromatic carbocycles. The fraction of sp³-hybridized carbons (Fsp3) is 0.931. The van der Waals surface area contributed by atoms with Gasteiger partial charge in [-0.2, -0.15) is 0 Å². The zero-order chi connectivity index (χ0) is 24.8. The number of rotatable bonds is 29. The van der Waals surface area contributed by atoms with Crippen molar-refractivity contribution < 1.29 is 19.9 Å². The van der Waals surface area contributed by atoms with E-state index in [0.717, 1.165) is 6.42 Å². The normalized spacial score (nSPS) is 11.6. The van der Waals surface area contributed by atoms with E-state index in [1.54, 1.807) is 0 Å². The van der Waals surface area contributed by atoms with Crippen molar-refractivity contribution in [3.8, 4) is 0 Å². The SMILES string of the molecule is CCCCCCCCCCCCCCCCCCCCCC=CN(OCCCO)OCCCO. The molecule has 0 aliphatic carbocycles. The molecule has 0 bridgehead atoms. The minimum Gasteiger partial charge on any atom is -0.396 e. The van der Waals surface area contributed by atoms with Crippen LogP contribution in [-0.4, -0.2) is 41.9 Å². The molecular formula is C29H59NO4. The number of hydroxylamine groups is 2. The molecule has 0 fully saturated rings. The first-order valence-electron chi connectivity index (χ1n) is 14.8. The summed E-state index contributed by atoms with van der Waals surface area (Å²) >= 11 is 0. The molecule has 0 atom stereocenters. The van der Waals surface area contributed by atoms with Gasteiger partial charge in [-0.1, -0.05) is 129 Å². The molecular weight excluding hydrogens is 426 g/mol. The first kappa shape index (κ1) is 33.4. The number of aliphatic hydroxyl groups excluding tert-OH is 2. The summed E-state index contributed by atoms with van der Waals surface area (Å²) in [5, 5.41) is 19.1. The number of allylic oxidation sites excluding steroid dienone is 1. The molecule has 0 spiro atoms. The van der Waals surface area contributed by atoms with Crippen molar-refractivity contribution in [2.24, 2.45) is 0 Å². The van der Waals surface area contributed by atoms with Gasteiger partial charge in [0.15, 0.2) is 0 Å². The molecule has 0 aromatic heterocycles. The minimum atomic E-state index is 0.105. The van der Waals surface area contributed by atoms with Crippen LogP contribution in [0.5, 0.6) is 0 Å². The van der Waals surface area contributed by atoms with Crippen molar-refractivity contribution >= 4 is 0 Å². The van der Waals surface area contributed by atoms with Crippen LogP contribution in [0.2, 0.25) is 0 Å². The smallest absolute Gasteiger partial charge is 0.0797 e. The van der Waals surface area contributed by atoms with E-state index in [1.807, 2.05) is 6.20 Å². The van der Waals surface area contributed by atoms with Gasteiger partial charge in [-0.05, 0) is 25.7 Å². The van der Waals surface area contributed by atoms with Crippen LogP contribution in [0.4, 0.5) is 0 Å². The average molecular weight is 486 g/mol. The quantitative estimate of drug-likeness (QED) is 0.0824. The van der Waals surface area contributed by atoms with Crippen LogP contribution in [0, 0.1) is 0 Å². The summed E-state index contributed by atoms with van der Waals surface area (Å²) in [6.45, 7) is 3.33. The monoisotopic (exact) mass is 485 g/mol. The fourth-order valence-corrected chi connectivity index (χ4v) is 4.06. The van der Waals surface area contributed by atoms with Crippen molar-refractivity contribution in [1.82, 2.24) is 5.23 Å². The number of unbranched alkanes of at least 4 members (excludes halogenated alkanes) is 19. The Morgan fingerprint density at radius 1 is 0.500 bits per heavy atom. The maximum absolute atomic E-state index is 8.86. The third-order valence-electron chi connectivity index (χ3n) is 6.24. The summed E-state index contributed by atoms with van der Waals surface area (Å²) in [6, 6.07) is 0. The second kappa shape index (κ2) is 30.4. The highest BCUT2D eigenvalue weighted by atomic mass is 16.9. The molecule has 0 aromatic rings. The highest BCUT2D eigenvalue weighted by molar-refractivity contribution is 4.76. The lowest BCUT2D eigenvalue weighted by atomic mass is 10.0. The summed E-state index contributed by atoms with van der Waals surface area (Å²) in [7, 11) is 0. The van der Waals surface area contributed by atoms with Gasteiger partial charge >= 0.3 is 0 Å². The molecule has 0 rings (SSSR count). The van der Waals surface area contributed by atoms with Crippen molar-refractivity contribution in [3.63, 3.8) is 0 Å². The molecule has 0 heterocycles. The van der Waals surface area contributed by atoms with Gasteiger partial charge in [0.05, 0.1) is 19.4 Å². The third kappa shape index (κ3) is 27.6. The summed E-state index contributed by atoms with van der Waals surface area (Å²) in [6.07, 6.45) is 32.7. The lowest BCUT2D eigenvalue weighted by molar-refractivity contribution is -0.337. The molecule has 0 saturated heterocycles. The maximum atomic E-state index is 8.86. The van der Waals surface area contributed by atoms with E-state index in [-0.39, 0.29) is 13.2 Å². The Labute approximate surface area is 212 Å². The molecule has 0 amide bonds. The topological polar surface area (TPSA) is 62.2 Å². The van der Waals surface area contributed by atoms with Gasteiger partial charge in [-0.3, -0.25) is 0 Å². The van der Waals surface area contributed by atoms with Gasteiger partial charge in [0, 0.05) is 13.2 Å². The molecule has 0 radical (unpaired) electrons. The first-order chi connectivity index (χ1) is 16.8. The van der Waals surface area contributed by atoms with E-state index in [0.29, 0.717) is 26.1 Å². The fourth-order valence-electron chi connectivity index (χ4n) is 4.06. The van der Waals surface area contributed by atoms with Crippen molar-refractivity contribution in [2.75, 3.05) is 26.4 Å². The standard InChI is InChI=1S/C29H59NO4/c1-2-3-4-5-6-7-8-9-10-11-12-13-14-15-16-17-18-19-20-21-22-25-30(33-28-23-26-31)34-29-24-27-32/h22,25,31-32H,2-21,23-24,26-29H2,1H3. The molecule has 0 saturated carbocycles. The Kier molecular flexibility index (Phi) is 29.9. The molecule has 0 aliphatic heterocycles. The van der Waals surface area contributed by atoms with Crippen molar-refractivity contribution in [2.45, 2.75) is 148 Å². The Balaban J connectivity index is 3.36. The van der Waals surface area contributed by atoms with Crippen LogP contribution in [0.3, 0.4) is 0 Å². The maximum Gasteiger partial charge on any atom is 0.0797 e. The summed E-state index contributed by atoms with van der Waals surface area (Å²) < 4.78 is 0. The molecule has 5 heteroatoms. The highest BCUT2D eigenvalue weighted by Gasteiger charge is 2.00. The van der Waals surface area contributed by atoms with E-state index < -0.39 is 0 Å². The third-order valence-corrected chi connectivity index (χ3v) is 6.24. The first-order valence-corrected chi connectivity index (χ1v) is 14.8. The minimum absolute atomic E-state index is 0.105. The molecule has 34 heavy (non-hydrogen) atoms. The Hall–Kier alpha value is -0.620. The van der Waals surface area contributed by atoms with Crippen LogP contribution < -0.4 is 0 Å². The average Bonchev–Trinajstić information content (AvgIpc) is 2.85. The predicted octanol–water partition coefficient (Wildman–Crippen LogP) is 8.25. The summed E-state index contributed by atoms with van der Waals surface area (Å²) in [4.78, 5) is 10.9. The van der Waals surface area contributed by atoms with Gasteiger partial charge in [-0.25, -0.2) is 9.68 Å². The van der Waals surface area contributed by atoms with Gasteiger partial charge in [-0.15, -0.1) is 5.23 Å². The zero-order valence-corrected chi connectivity index (χ0v) is 22.7. The van der Waals surface area contributed by atoms with Gasteiger partial charge in [0.2, 0.25) is 0 Å². The lowest BCUT2D eigenvalue weighted by Gasteiger charge is -2.18. The van der Waals surface area contributed by atoms with Crippen LogP contribution >= 0.6 is 0 Å². The number of aliphatic hydroxyl groups is 2. The van der Waals surface area contributed by atoms with Gasteiger partial charge in [0.1, 0.15) is 0 Å². The number of nitrogens with zero attached hydrogens (tertiary/aromatic N) is 1. The van der Waals surface area contributed by atoms with Crippen LogP contribution in [-0.2, 0) is 9.68 Å². The zero-order valence-electron chi connectivity index (χ0n) is 22.7. The largest absolute Gasteiger partial charge is 0.396 e. The predicted molar refractivity (Wildman–Crippen MR) is 144 cm³/mol. The number of hydrogen-bond donors (Lipinski definition) is 2. The molecule has 0 aliphatic rings. The van der Waals surface area contributed by atoms with Crippen LogP contribution in [0.15, 0.2) is 12.3 Å². The van der Waals surface area contributed by atoms with Gasteiger partial charge < -0.3 is 10.2 Å². The van der Waals surface area contributed by atoms with E-state index >= 15 is 0 Å². The lowest BCUT2D eigenvalue weighted by Crippen LogP contribution is -2.20. The molecule has 5 nitrogen and oxygen atoms in total. The van der Waals surface area contributed by atoms with E-state index in [9.17, 15) is 0 Å². The van der Waals surface area contributed by atoms with Crippen molar-refractivity contribution in [3.05, 3.63) is 12.3 Å². The molecule has 204 valence electrons. The van der Waals surface area contributed by atoms with Crippen LogP contribution in [0.1, 0.15) is 148 Å². The Morgan fingerprint density at radius 3 is 1.21 bits per heavy atom. The number of hydrogen-bond acceptors (Lipinski definition) is 5. The van der Waals surface area contributed by atoms with E-state index in [2.05, 4.69) is 13.0 Å². The summed E-state index contributed by atoms with van der Waals surface area (Å²) in [5.74, 6) is 0. The molecule has 2 N–H and O–H groups in total. The Morgan fingerprint density at radius 2 is 0.853 bits per heavy atom. The van der Waals surface area contributed by atoms with Crippen LogP contribution in [0.25, 0.3) is 0 Å².